The molecule has 4 rings (SSSR count). The highest BCUT2D eigenvalue weighted by molar-refractivity contribution is 5.95. The Morgan fingerprint density at radius 2 is 1.35 bits per heavy atom. The molecule has 0 bridgehead atoms. The maximum absolute atomic E-state index is 14.1. The van der Waals surface area contributed by atoms with E-state index in [0.717, 1.165) is 36.8 Å². The van der Waals surface area contributed by atoms with Crippen molar-refractivity contribution in [2.45, 2.75) is 97.1 Å². The maximum Gasteiger partial charge on any atom is 0.226 e. The van der Waals surface area contributed by atoms with Crippen molar-refractivity contribution >= 4 is 29.3 Å². The first-order valence-electron chi connectivity index (χ1n) is 18.8. The number of nitrogens with zero attached hydrogens (tertiary/aromatic N) is 2. The van der Waals surface area contributed by atoms with Gasteiger partial charge in [0.1, 0.15) is 0 Å². The van der Waals surface area contributed by atoms with Gasteiger partial charge in [-0.2, -0.15) is 0 Å². The average Bonchev–Trinajstić information content (AvgIpc) is 3.74. The topological polar surface area (TPSA) is 156 Å². The Morgan fingerprint density at radius 1 is 0.784 bits per heavy atom. The molecular formula is C41H59N5O5. The second-order valence-electron chi connectivity index (χ2n) is 15.4. The van der Waals surface area contributed by atoms with E-state index in [9.17, 15) is 24.0 Å². The lowest BCUT2D eigenvalue weighted by Gasteiger charge is -2.28. The third kappa shape index (κ3) is 11.8. The van der Waals surface area contributed by atoms with Crippen molar-refractivity contribution in [1.82, 2.24) is 15.1 Å². The van der Waals surface area contributed by atoms with Crippen LogP contribution >= 0.6 is 0 Å². The third-order valence-corrected chi connectivity index (χ3v) is 10.7. The number of hydrogen-bond donors (Lipinski definition) is 3. The van der Waals surface area contributed by atoms with Crippen molar-refractivity contribution in [1.29, 1.82) is 0 Å². The first-order chi connectivity index (χ1) is 24.4. The van der Waals surface area contributed by atoms with Crippen LogP contribution in [-0.2, 0) is 36.8 Å². The van der Waals surface area contributed by atoms with E-state index >= 15 is 0 Å². The molecule has 2 aromatic carbocycles. The van der Waals surface area contributed by atoms with Gasteiger partial charge in [-0.15, -0.1) is 0 Å². The van der Waals surface area contributed by atoms with Crippen LogP contribution in [0.15, 0.2) is 60.7 Å². The monoisotopic (exact) mass is 701 g/mol. The summed E-state index contributed by atoms with van der Waals surface area (Å²) in [6, 6.07) is 17.6. The van der Waals surface area contributed by atoms with Crippen molar-refractivity contribution in [3.63, 3.8) is 0 Å². The van der Waals surface area contributed by atoms with Gasteiger partial charge in [-0.25, -0.2) is 0 Å². The number of rotatable bonds is 19. The van der Waals surface area contributed by atoms with Crippen molar-refractivity contribution in [2.75, 3.05) is 32.7 Å². The lowest BCUT2D eigenvalue weighted by molar-refractivity contribution is -0.138. The Balaban J connectivity index is 1.47. The first kappa shape index (κ1) is 39.9. The molecule has 0 aliphatic carbocycles. The summed E-state index contributed by atoms with van der Waals surface area (Å²) in [5.74, 6) is -1.85. The number of nitrogens with one attached hydrogen (secondary N) is 1. The van der Waals surface area contributed by atoms with Crippen LogP contribution in [0.5, 0.6) is 0 Å². The second-order valence-corrected chi connectivity index (χ2v) is 15.4. The number of unbranched alkanes of at least 4 members (excludes halogenated alkanes) is 1. The van der Waals surface area contributed by atoms with Gasteiger partial charge in [0, 0.05) is 63.2 Å². The van der Waals surface area contributed by atoms with Crippen LogP contribution in [0.1, 0.15) is 83.3 Å². The molecular weight excluding hydrogens is 642 g/mol. The number of hydrogen-bond acceptors (Lipinski definition) is 7. The molecule has 5 atom stereocenters. The Kier molecular flexibility index (Phi) is 14.9. The van der Waals surface area contributed by atoms with Crippen molar-refractivity contribution in [3.05, 3.63) is 71.8 Å². The molecule has 5 N–H and O–H groups in total. The third-order valence-electron chi connectivity index (χ3n) is 10.7. The fourth-order valence-corrected chi connectivity index (χ4v) is 7.72. The van der Waals surface area contributed by atoms with Crippen LogP contribution in [0.4, 0.5) is 0 Å². The molecule has 2 heterocycles. The van der Waals surface area contributed by atoms with E-state index in [1.54, 1.807) is 6.92 Å². The van der Waals surface area contributed by atoms with Crippen LogP contribution in [0.25, 0.3) is 0 Å². The summed E-state index contributed by atoms with van der Waals surface area (Å²) >= 11 is 0. The molecule has 1 unspecified atom stereocenters. The maximum atomic E-state index is 14.1. The predicted octanol–water partition coefficient (Wildman–Crippen LogP) is 4.08. The van der Waals surface area contributed by atoms with Gasteiger partial charge in [-0.05, 0) is 68.5 Å². The molecule has 2 fully saturated rings. The average molecular weight is 702 g/mol. The Bertz CT molecular complexity index is 1470. The van der Waals surface area contributed by atoms with Crippen LogP contribution in [0.2, 0.25) is 0 Å². The summed E-state index contributed by atoms with van der Waals surface area (Å²) in [6.07, 6.45) is 4.83. The molecule has 2 aliphatic heterocycles. The SMILES string of the molecule is CC(=O)N1CCC2(CCN(C(=O)[C@@H](CCCCN)CC(=O)[C@@H](CC(C)C)NC(=O)[C@H](CC(=O)[C@H](N)Cc3ccccc3)Cc3ccccc3)C2)C1. The molecule has 278 valence electrons. The van der Waals surface area contributed by atoms with Gasteiger partial charge in [-0.1, -0.05) is 80.9 Å². The van der Waals surface area contributed by atoms with Gasteiger partial charge in [-0.3, -0.25) is 24.0 Å². The van der Waals surface area contributed by atoms with Crippen LogP contribution in [0, 0.1) is 23.2 Å². The van der Waals surface area contributed by atoms with E-state index in [2.05, 4.69) is 5.32 Å². The number of nitrogens with two attached hydrogens (primary N) is 2. The summed E-state index contributed by atoms with van der Waals surface area (Å²) in [5.41, 5.74) is 13.9. The number of benzene rings is 2. The van der Waals surface area contributed by atoms with Crippen LogP contribution < -0.4 is 16.8 Å². The van der Waals surface area contributed by atoms with Gasteiger partial charge >= 0.3 is 0 Å². The number of carbonyl (C=O) groups is 5. The van der Waals surface area contributed by atoms with Gasteiger partial charge < -0.3 is 26.6 Å². The zero-order valence-corrected chi connectivity index (χ0v) is 30.9. The Hall–Kier alpha value is -3.89. The summed E-state index contributed by atoms with van der Waals surface area (Å²) in [7, 11) is 0. The molecule has 2 aromatic rings. The lowest BCUT2D eigenvalue weighted by Crippen LogP contribution is -2.47. The highest BCUT2D eigenvalue weighted by Crippen LogP contribution is 2.40. The number of ketones is 2. The first-order valence-corrected chi connectivity index (χ1v) is 18.8. The van der Waals surface area contributed by atoms with E-state index < -0.39 is 23.9 Å². The van der Waals surface area contributed by atoms with Crippen LogP contribution in [0.3, 0.4) is 0 Å². The van der Waals surface area contributed by atoms with E-state index in [1.165, 1.54) is 0 Å². The lowest BCUT2D eigenvalue weighted by atomic mass is 9.86. The fourth-order valence-electron chi connectivity index (χ4n) is 7.72. The summed E-state index contributed by atoms with van der Waals surface area (Å²) in [4.78, 5) is 71.4. The zero-order chi connectivity index (χ0) is 37.0. The quantitative estimate of drug-likeness (QED) is 0.187. The smallest absolute Gasteiger partial charge is 0.226 e. The highest BCUT2D eigenvalue weighted by Gasteiger charge is 2.46. The molecule has 1 spiro atoms. The minimum atomic E-state index is -0.794. The van der Waals surface area contributed by atoms with Gasteiger partial charge in [0.15, 0.2) is 11.6 Å². The molecule has 3 amide bonds. The number of carbonyl (C=O) groups excluding carboxylic acids is 5. The largest absolute Gasteiger partial charge is 0.346 e. The summed E-state index contributed by atoms with van der Waals surface area (Å²) in [5, 5.41) is 3.03. The second kappa shape index (κ2) is 19.1. The molecule has 51 heavy (non-hydrogen) atoms. The highest BCUT2D eigenvalue weighted by atomic mass is 16.2. The molecule has 0 radical (unpaired) electrons. The zero-order valence-electron chi connectivity index (χ0n) is 30.9. The molecule has 0 saturated carbocycles. The minimum absolute atomic E-state index is 0.0222. The van der Waals surface area contributed by atoms with Gasteiger partial charge in [0.05, 0.1) is 12.1 Å². The normalized spacial score (nSPS) is 19.6. The molecule has 10 nitrogen and oxygen atoms in total. The Morgan fingerprint density at radius 3 is 1.92 bits per heavy atom. The number of amides is 3. The fraction of sp³-hybridized carbons (Fsp3) is 0.585. The molecule has 0 aromatic heterocycles. The standard InChI is InChI=1S/C41H59N5O5/c1-29(2)22-36(38(49)25-33(16-10-11-19-42)40(51)46-21-18-41(28-46)17-20-45(27-41)30(3)47)44-39(50)34(23-31-12-6-4-7-13-31)26-37(48)35(43)24-32-14-8-5-9-15-32/h4-9,12-15,29,33-36H,10-11,16-28,42-43H2,1-3H3,(H,44,50)/t33-,34-,35+,36+,41?/m0/s1. The summed E-state index contributed by atoms with van der Waals surface area (Å²) in [6.45, 7) is 8.66. The number of Topliss-reactive ketones (excluding diaryl/α,β-unsaturated/α-hetero) is 2. The molecule has 2 aliphatic rings. The van der Waals surface area contributed by atoms with E-state index in [0.29, 0.717) is 58.4 Å². The van der Waals surface area contributed by atoms with E-state index in [4.69, 9.17) is 11.5 Å². The minimum Gasteiger partial charge on any atom is -0.346 e. The van der Waals surface area contributed by atoms with Crippen molar-refractivity contribution < 1.29 is 24.0 Å². The number of likely N-dealkylation sites (tertiary alicyclic amines) is 2. The summed E-state index contributed by atoms with van der Waals surface area (Å²) < 4.78 is 0. The van der Waals surface area contributed by atoms with Gasteiger partial charge in [0.25, 0.3) is 0 Å². The van der Waals surface area contributed by atoms with Gasteiger partial charge in [0.2, 0.25) is 17.7 Å². The molecule has 10 heteroatoms. The van der Waals surface area contributed by atoms with Crippen molar-refractivity contribution in [3.8, 4) is 0 Å². The van der Waals surface area contributed by atoms with Crippen LogP contribution in [-0.4, -0.2) is 83.9 Å². The molecule has 2 saturated heterocycles. The predicted molar refractivity (Wildman–Crippen MR) is 199 cm³/mol. The van der Waals surface area contributed by atoms with E-state index in [-0.39, 0.29) is 53.5 Å². The van der Waals surface area contributed by atoms with Crippen molar-refractivity contribution in [2.24, 2.45) is 34.6 Å². The van der Waals surface area contributed by atoms with E-state index in [1.807, 2.05) is 84.3 Å². The Labute approximate surface area is 304 Å².